The van der Waals surface area contributed by atoms with Crippen molar-refractivity contribution >= 4 is 5.97 Å². The van der Waals surface area contributed by atoms with Gasteiger partial charge in [-0.15, -0.1) is 0 Å². The molecule has 0 amide bonds. The minimum atomic E-state index is -0.461. The van der Waals surface area contributed by atoms with E-state index in [9.17, 15) is 4.79 Å². The van der Waals surface area contributed by atoms with Crippen LogP contribution in [0.3, 0.4) is 0 Å². The third kappa shape index (κ3) is 4.44. The van der Waals surface area contributed by atoms with Gasteiger partial charge in [0, 0.05) is 25.9 Å². The van der Waals surface area contributed by atoms with Gasteiger partial charge in [0.25, 0.3) is 0 Å². The van der Waals surface area contributed by atoms with Crippen molar-refractivity contribution in [2.75, 3.05) is 7.11 Å². The number of ether oxygens (including phenoxy) is 2. The zero-order chi connectivity index (χ0) is 15.2. The summed E-state index contributed by atoms with van der Waals surface area (Å²) in [6.45, 7) is 4.22. The highest BCUT2D eigenvalue weighted by Crippen LogP contribution is 2.27. The van der Waals surface area contributed by atoms with Crippen molar-refractivity contribution in [3.8, 4) is 5.75 Å². The van der Waals surface area contributed by atoms with Crippen LogP contribution in [-0.4, -0.2) is 30.5 Å². The average Bonchev–Trinajstić information content (AvgIpc) is 2.81. The predicted octanol–water partition coefficient (Wildman–Crippen LogP) is 2.89. The van der Waals surface area contributed by atoms with Gasteiger partial charge in [-0.2, -0.15) is 5.06 Å². The third-order valence-corrected chi connectivity index (χ3v) is 3.54. The van der Waals surface area contributed by atoms with Gasteiger partial charge in [0.05, 0.1) is 7.11 Å². The second kappa shape index (κ2) is 7.43. The van der Waals surface area contributed by atoms with Gasteiger partial charge in [-0.1, -0.05) is 25.5 Å². The maximum Gasteiger partial charge on any atom is 0.304 e. The normalized spacial score (nSPS) is 22.2. The molecule has 0 aromatic heterocycles. The summed E-state index contributed by atoms with van der Waals surface area (Å²) in [7, 11) is 1.65. The molecule has 2 unspecified atom stereocenters. The number of hydrogen-bond acceptors (Lipinski definition) is 5. The summed E-state index contributed by atoms with van der Waals surface area (Å²) in [4.78, 5) is 16.8. The van der Waals surface area contributed by atoms with Crippen LogP contribution >= 0.6 is 0 Å². The molecule has 1 saturated heterocycles. The van der Waals surface area contributed by atoms with E-state index in [0.717, 1.165) is 30.6 Å². The minimum Gasteiger partial charge on any atom is -0.497 e. The number of esters is 1. The molecule has 0 saturated carbocycles. The van der Waals surface area contributed by atoms with Crippen molar-refractivity contribution in [2.45, 2.75) is 52.0 Å². The summed E-state index contributed by atoms with van der Waals surface area (Å²) in [6, 6.07) is 8.18. The fraction of sp³-hybridized carbons (Fsp3) is 0.562. The van der Waals surface area contributed by atoms with Crippen molar-refractivity contribution in [3.63, 3.8) is 0 Å². The molecule has 2 atom stereocenters. The molecule has 1 aromatic rings. The van der Waals surface area contributed by atoms with Crippen molar-refractivity contribution in [3.05, 3.63) is 29.8 Å². The molecular weight excluding hydrogens is 270 g/mol. The van der Waals surface area contributed by atoms with Crippen LogP contribution in [0.4, 0.5) is 0 Å². The Morgan fingerprint density at radius 1 is 1.38 bits per heavy atom. The lowest BCUT2D eigenvalue weighted by Gasteiger charge is -2.21. The zero-order valence-corrected chi connectivity index (χ0v) is 12.9. The number of carbonyl (C=O) groups excluding carboxylic acids is 1. The van der Waals surface area contributed by atoms with Gasteiger partial charge >= 0.3 is 5.97 Å². The summed E-state index contributed by atoms with van der Waals surface area (Å²) in [5.41, 5.74) is 1.14. The summed E-state index contributed by atoms with van der Waals surface area (Å²) in [5, 5.41) is 1.93. The van der Waals surface area contributed by atoms with Gasteiger partial charge < -0.3 is 9.47 Å². The van der Waals surface area contributed by atoms with Crippen LogP contribution in [0.15, 0.2) is 24.3 Å². The molecule has 0 spiro atoms. The van der Waals surface area contributed by atoms with E-state index in [0.29, 0.717) is 6.54 Å². The number of hydrogen-bond donors (Lipinski definition) is 0. The van der Waals surface area contributed by atoms with Crippen LogP contribution in [-0.2, 0) is 20.9 Å². The molecular formula is C16H23NO4. The molecule has 1 aliphatic rings. The largest absolute Gasteiger partial charge is 0.497 e. The van der Waals surface area contributed by atoms with Gasteiger partial charge in [-0.3, -0.25) is 9.63 Å². The molecule has 5 nitrogen and oxygen atoms in total. The fourth-order valence-corrected chi connectivity index (χ4v) is 2.55. The first kappa shape index (κ1) is 15.8. The lowest BCUT2D eigenvalue weighted by Crippen LogP contribution is -2.27. The number of benzene rings is 1. The van der Waals surface area contributed by atoms with Crippen LogP contribution < -0.4 is 4.74 Å². The van der Waals surface area contributed by atoms with Crippen LogP contribution in [0.2, 0.25) is 0 Å². The molecule has 1 aliphatic heterocycles. The molecule has 21 heavy (non-hydrogen) atoms. The molecule has 0 radical (unpaired) electrons. The van der Waals surface area contributed by atoms with Crippen LogP contribution in [0, 0.1) is 0 Å². The van der Waals surface area contributed by atoms with E-state index < -0.39 is 6.29 Å². The van der Waals surface area contributed by atoms with Gasteiger partial charge in [-0.05, 0) is 24.1 Å². The second-order valence-electron chi connectivity index (χ2n) is 5.25. The molecule has 1 aromatic carbocycles. The maximum absolute atomic E-state index is 11.1. The Morgan fingerprint density at radius 3 is 2.67 bits per heavy atom. The monoisotopic (exact) mass is 293 g/mol. The van der Waals surface area contributed by atoms with Gasteiger partial charge in [-0.25, -0.2) is 0 Å². The predicted molar refractivity (Wildman–Crippen MR) is 78.5 cm³/mol. The highest BCUT2D eigenvalue weighted by molar-refractivity contribution is 5.66. The number of carbonyl (C=O) groups is 1. The smallest absolute Gasteiger partial charge is 0.304 e. The zero-order valence-electron chi connectivity index (χ0n) is 12.9. The highest BCUT2D eigenvalue weighted by Gasteiger charge is 2.34. The summed E-state index contributed by atoms with van der Waals surface area (Å²) < 4.78 is 10.3. The van der Waals surface area contributed by atoms with Crippen LogP contribution in [0.5, 0.6) is 5.75 Å². The number of rotatable bonds is 6. The summed E-state index contributed by atoms with van der Waals surface area (Å²) >= 11 is 0. The van der Waals surface area contributed by atoms with E-state index >= 15 is 0 Å². The Morgan fingerprint density at radius 2 is 2.10 bits per heavy atom. The van der Waals surface area contributed by atoms with E-state index in [4.69, 9.17) is 14.3 Å². The van der Waals surface area contributed by atoms with Crippen molar-refractivity contribution in [1.29, 1.82) is 0 Å². The number of hydroxylamine groups is 2. The highest BCUT2D eigenvalue weighted by atomic mass is 16.8. The first-order chi connectivity index (χ1) is 10.1. The Hall–Kier alpha value is -1.59. The summed E-state index contributed by atoms with van der Waals surface area (Å²) in [6.07, 6.45) is 2.36. The van der Waals surface area contributed by atoms with Crippen molar-refractivity contribution in [1.82, 2.24) is 5.06 Å². The quantitative estimate of drug-likeness (QED) is 0.755. The van der Waals surface area contributed by atoms with Crippen molar-refractivity contribution in [2.24, 2.45) is 0 Å². The molecule has 0 bridgehead atoms. The van der Waals surface area contributed by atoms with Crippen LogP contribution in [0.25, 0.3) is 0 Å². The van der Waals surface area contributed by atoms with Gasteiger partial charge in [0.2, 0.25) is 6.29 Å². The molecule has 0 aliphatic carbocycles. The van der Waals surface area contributed by atoms with E-state index in [2.05, 4.69) is 6.92 Å². The van der Waals surface area contributed by atoms with E-state index in [1.807, 2.05) is 29.3 Å². The van der Waals surface area contributed by atoms with E-state index in [1.54, 1.807) is 7.11 Å². The molecule has 5 heteroatoms. The topological polar surface area (TPSA) is 48.0 Å². The standard InChI is InChI=1S/C16H23NO4/c1-4-5-14-10-16(20-12(2)18)21-17(14)11-13-6-8-15(19-3)9-7-13/h6-9,14,16H,4-5,10-11H2,1-3H3. The fourth-order valence-electron chi connectivity index (χ4n) is 2.55. The Kier molecular flexibility index (Phi) is 5.59. The first-order valence-electron chi connectivity index (χ1n) is 7.36. The average molecular weight is 293 g/mol. The number of nitrogens with zero attached hydrogens (tertiary/aromatic N) is 1. The van der Waals surface area contributed by atoms with E-state index in [-0.39, 0.29) is 12.0 Å². The van der Waals surface area contributed by atoms with E-state index in [1.165, 1.54) is 6.92 Å². The van der Waals surface area contributed by atoms with Gasteiger partial charge in [0.1, 0.15) is 5.75 Å². The molecule has 0 N–H and O–H groups in total. The Balaban J connectivity index is 1.99. The molecule has 1 fully saturated rings. The molecule has 1 heterocycles. The maximum atomic E-state index is 11.1. The second-order valence-corrected chi connectivity index (χ2v) is 5.25. The summed E-state index contributed by atoms with van der Waals surface area (Å²) in [5.74, 6) is 0.533. The van der Waals surface area contributed by atoms with Crippen molar-refractivity contribution < 1.29 is 19.1 Å². The third-order valence-electron chi connectivity index (χ3n) is 3.54. The Labute approximate surface area is 125 Å². The molecule has 116 valence electrons. The Bertz CT molecular complexity index is 460. The lowest BCUT2D eigenvalue weighted by atomic mass is 10.1. The lowest BCUT2D eigenvalue weighted by molar-refractivity contribution is -0.239. The minimum absolute atomic E-state index is 0.279. The molecule has 2 rings (SSSR count). The SMILES string of the molecule is CCCC1CC(OC(C)=O)ON1Cc1ccc(OC)cc1. The van der Waals surface area contributed by atoms with Gasteiger partial charge in [0.15, 0.2) is 0 Å². The number of methoxy groups -OCH3 is 1. The first-order valence-corrected chi connectivity index (χ1v) is 7.36. The van der Waals surface area contributed by atoms with Crippen LogP contribution in [0.1, 0.15) is 38.7 Å².